The lowest BCUT2D eigenvalue weighted by molar-refractivity contribution is 1.13. The van der Waals surface area contributed by atoms with Gasteiger partial charge < -0.3 is 0 Å². The minimum absolute atomic E-state index is 0.682. The zero-order valence-corrected chi connectivity index (χ0v) is 11.4. The molecule has 0 atom stereocenters. The molecular weight excluding hydrogens is 254 g/mol. The predicted molar refractivity (Wildman–Crippen MR) is 80.0 cm³/mol. The number of aromatic nitrogens is 3. The van der Waals surface area contributed by atoms with Gasteiger partial charge in [-0.1, -0.05) is 24.3 Å². The first-order valence-electron chi connectivity index (χ1n) is 6.04. The fourth-order valence-electron chi connectivity index (χ4n) is 1.93. The van der Waals surface area contributed by atoms with Gasteiger partial charge in [-0.25, -0.2) is 15.0 Å². The van der Waals surface area contributed by atoms with Gasteiger partial charge in [0.05, 0.1) is 11.2 Å². The molecule has 0 aliphatic heterocycles. The van der Waals surface area contributed by atoms with Crippen molar-refractivity contribution in [3.8, 4) is 11.5 Å². The van der Waals surface area contributed by atoms with Crippen molar-refractivity contribution in [3.63, 3.8) is 0 Å². The molecule has 0 N–H and O–H groups in total. The molecule has 3 aromatic rings. The summed E-state index contributed by atoms with van der Waals surface area (Å²) in [5.74, 6) is 1.59. The zero-order chi connectivity index (χ0) is 13.1. The number of benzene rings is 1. The van der Waals surface area contributed by atoms with Crippen molar-refractivity contribution in [1.29, 1.82) is 0 Å². The van der Waals surface area contributed by atoms with Crippen LogP contribution in [-0.4, -0.2) is 21.2 Å². The third-order valence-electron chi connectivity index (χ3n) is 2.82. The van der Waals surface area contributed by atoms with E-state index in [0.717, 1.165) is 28.0 Å². The summed E-state index contributed by atoms with van der Waals surface area (Å²) in [4.78, 5) is 13.6. The van der Waals surface area contributed by atoms with E-state index in [0.29, 0.717) is 5.82 Å². The minimum atomic E-state index is 0.682. The van der Waals surface area contributed by atoms with Crippen LogP contribution in [0.5, 0.6) is 0 Å². The summed E-state index contributed by atoms with van der Waals surface area (Å²) in [6.07, 6.45) is 3.92. The Morgan fingerprint density at radius 2 is 1.89 bits per heavy atom. The summed E-state index contributed by atoms with van der Waals surface area (Å²) in [6, 6.07) is 14.0. The third-order valence-corrected chi connectivity index (χ3v) is 3.40. The van der Waals surface area contributed by atoms with E-state index in [-0.39, 0.29) is 0 Å². The second kappa shape index (κ2) is 5.36. The van der Waals surface area contributed by atoms with Crippen LogP contribution < -0.4 is 0 Å². The van der Waals surface area contributed by atoms with Gasteiger partial charge in [0.2, 0.25) is 0 Å². The van der Waals surface area contributed by atoms with Gasteiger partial charge >= 0.3 is 0 Å². The van der Waals surface area contributed by atoms with Crippen molar-refractivity contribution < 1.29 is 0 Å². The maximum Gasteiger partial charge on any atom is 0.178 e. The highest BCUT2D eigenvalue weighted by Crippen LogP contribution is 2.17. The number of fused-ring (bicyclic) bond motifs is 1. The van der Waals surface area contributed by atoms with E-state index in [1.54, 1.807) is 11.8 Å². The van der Waals surface area contributed by atoms with E-state index in [9.17, 15) is 0 Å². The fourth-order valence-corrected chi connectivity index (χ4v) is 2.38. The van der Waals surface area contributed by atoms with Crippen LogP contribution in [0.1, 0.15) is 5.69 Å². The van der Waals surface area contributed by atoms with Gasteiger partial charge in [-0.15, -0.1) is 0 Å². The molecule has 1 aromatic carbocycles. The molecule has 0 radical (unpaired) electrons. The number of hydrogen-bond donors (Lipinski definition) is 0. The normalized spacial score (nSPS) is 10.8. The second-order valence-corrected chi connectivity index (χ2v) is 5.07. The second-order valence-electron chi connectivity index (χ2n) is 4.20. The Kier molecular flexibility index (Phi) is 3.42. The van der Waals surface area contributed by atoms with Crippen LogP contribution in [0.15, 0.2) is 48.7 Å². The minimum Gasteiger partial charge on any atom is -0.249 e. The molecule has 4 heteroatoms. The first kappa shape index (κ1) is 12.1. The van der Waals surface area contributed by atoms with Crippen LogP contribution in [0.2, 0.25) is 0 Å². The van der Waals surface area contributed by atoms with E-state index < -0.39 is 0 Å². The van der Waals surface area contributed by atoms with Crippen molar-refractivity contribution in [2.45, 2.75) is 5.75 Å². The summed E-state index contributed by atoms with van der Waals surface area (Å²) >= 11 is 1.76. The lowest BCUT2D eigenvalue weighted by Crippen LogP contribution is -1.95. The molecular formula is C15H13N3S. The Labute approximate surface area is 116 Å². The highest BCUT2D eigenvalue weighted by Gasteiger charge is 2.05. The van der Waals surface area contributed by atoms with E-state index in [4.69, 9.17) is 0 Å². The van der Waals surface area contributed by atoms with Gasteiger partial charge in [-0.05, 0) is 24.5 Å². The summed E-state index contributed by atoms with van der Waals surface area (Å²) < 4.78 is 0. The average molecular weight is 267 g/mol. The van der Waals surface area contributed by atoms with E-state index in [1.807, 2.05) is 48.7 Å². The Balaban J connectivity index is 2.05. The molecule has 0 aliphatic carbocycles. The predicted octanol–water partition coefficient (Wildman–Crippen LogP) is 3.55. The number of rotatable bonds is 3. The van der Waals surface area contributed by atoms with Gasteiger partial charge in [-0.3, -0.25) is 0 Å². The summed E-state index contributed by atoms with van der Waals surface area (Å²) in [6.45, 7) is 0. The largest absolute Gasteiger partial charge is 0.249 e. The highest BCUT2D eigenvalue weighted by molar-refractivity contribution is 7.97. The summed E-state index contributed by atoms with van der Waals surface area (Å²) in [7, 11) is 0. The van der Waals surface area contributed by atoms with Crippen LogP contribution >= 0.6 is 11.8 Å². The zero-order valence-electron chi connectivity index (χ0n) is 10.6. The molecule has 0 saturated carbocycles. The van der Waals surface area contributed by atoms with Crippen LogP contribution in [0, 0.1) is 0 Å². The number of thioether (sulfide) groups is 1. The van der Waals surface area contributed by atoms with Crippen molar-refractivity contribution in [2.75, 3.05) is 6.26 Å². The Morgan fingerprint density at radius 3 is 2.79 bits per heavy atom. The molecule has 0 spiro atoms. The van der Waals surface area contributed by atoms with E-state index in [2.05, 4.69) is 21.2 Å². The quantitative estimate of drug-likeness (QED) is 0.727. The molecule has 0 aliphatic rings. The number of pyridine rings is 1. The van der Waals surface area contributed by atoms with Crippen LogP contribution in [-0.2, 0) is 5.75 Å². The molecule has 0 amide bonds. The number of para-hydroxylation sites is 1. The Morgan fingerprint density at radius 1 is 1.00 bits per heavy atom. The molecule has 0 bridgehead atoms. The maximum absolute atomic E-state index is 4.59. The van der Waals surface area contributed by atoms with Crippen LogP contribution in [0.25, 0.3) is 22.4 Å². The molecule has 2 heterocycles. The van der Waals surface area contributed by atoms with Crippen LogP contribution in [0.3, 0.4) is 0 Å². The van der Waals surface area contributed by atoms with Crippen molar-refractivity contribution in [1.82, 2.24) is 15.0 Å². The van der Waals surface area contributed by atoms with Crippen molar-refractivity contribution in [3.05, 3.63) is 54.4 Å². The molecule has 94 valence electrons. The highest BCUT2D eigenvalue weighted by atomic mass is 32.2. The monoisotopic (exact) mass is 267 g/mol. The van der Waals surface area contributed by atoms with Crippen molar-refractivity contribution in [2.24, 2.45) is 0 Å². The molecule has 19 heavy (non-hydrogen) atoms. The lowest BCUT2D eigenvalue weighted by atomic mass is 10.2. The number of hydrogen-bond acceptors (Lipinski definition) is 4. The fraction of sp³-hybridized carbons (Fsp3) is 0.133. The first-order chi connectivity index (χ1) is 9.36. The summed E-state index contributed by atoms with van der Waals surface area (Å²) in [5.41, 5.74) is 2.84. The van der Waals surface area contributed by atoms with Gasteiger partial charge in [0.15, 0.2) is 5.82 Å². The number of nitrogens with zero attached hydrogens (tertiary/aromatic N) is 3. The average Bonchev–Trinajstić information content (AvgIpc) is 2.47. The smallest absolute Gasteiger partial charge is 0.178 e. The van der Waals surface area contributed by atoms with Crippen molar-refractivity contribution >= 4 is 22.7 Å². The molecule has 3 rings (SSSR count). The summed E-state index contributed by atoms with van der Waals surface area (Å²) in [5, 5.41) is 1.05. The maximum atomic E-state index is 4.59. The lowest BCUT2D eigenvalue weighted by Gasteiger charge is -2.03. The standard InChI is InChI=1S/C15H13N3S/c1-19-10-12-6-4-8-14(17-12)15-16-9-11-5-2-3-7-13(11)18-15/h2-9H,10H2,1H3. The Hall–Kier alpha value is -1.94. The van der Waals surface area contributed by atoms with Gasteiger partial charge in [0.1, 0.15) is 5.69 Å². The molecule has 2 aromatic heterocycles. The first-order valence-corrected chi connectivity index (χ1v) is 7.43. The topological polar surface area (TPSA) is 38.7 Å². The molecule has 0 saturated heterocycles. The Bertz CT molecular complexity index is 712. The molecule has 0 fully saturated rings. The molecule has 3 nitrogen and oxygen atoms in total. The van der Waals surface area contributed by atoms with E-state index >= 15 is 0 Å². The third kappa shape index (κ3) is 2.58. The molecule has 0 unspecified atom stereocenters. The van der Waals surface area contributed by atoms with E-state index in [1.165, 1.54) is 0 Å². The van der Waals surface area contributed by atoms with Crippen LogP contribution in [0.4, 0.5) is 0 Å². The van der Waals surface area contributed by atoms with Gasteiger partial charge in [-0.2, -0.15) is 11.8 Å². The van der Waals surface area contributed by atoms with Gasteiger partial charge in [0.25, 0.3) is 0 Å². The van der Waals surface area contributed by atoms with Gasteiger partial charge in [0, 0.05) is 17.3 Å². The SMILES string of the molecule is CSCc1cccc(-c2ncc3ccccc3n2)n1.